The maximum atomic E-state index is 11.4. The van der Waals surface area contributed by atoms with Crippen molar-refractivity contribution in [1.29, 1.82) is 0 Å². The van der Waals surface area contributed by atoms with Gasteiger partial charge in [0, 0.05) is 0 Å². The van der Waals surface area contributed by atoms with Crippen molar-refractivity contribution >= 4 is 17.6 Å². The van der Waals surface area contributed by atoms with Gasteiger partial charge in [-0.1, -0.05) is 30.3 Å². The molecule has 0 aromatic heterocycles. The molecular weight excluding hydrogens is 212 g/mol. The van der Waals surface area contributed by atoms with Gasteiger partial charge in [-0.2, -0.15) is 0 Å². The molecule has 0 bridgehead atoms. The summed E-state index contributed by atoms with van der Waals surface area (Å²) in [5.41, 5.74) is 1.04. The summed E-state index contributed by atoms with van der Waals surface area (Å²) in [6, 6.07) is 9.66. The summed E-state index contributed by atoms with van der Waals surface area (Å²) in [7, 11) is 0. The molecule has 0 aliphatic heterocycles. The van der Waals surface area contributed by atoms with Gasteiger partial charge < -0.3 is 4.74 Å². The van der Waals surface area contributed by atoms with Crippen LogP contribution in [0, 0.1) is 0 Å². The van der Waals surface area contributed by atoms with E-state index in [1.54, 1.807) is 0 Å². The van der Waals surface area contributed by atoms with Crippen molar-refractivity contribution in [2.75, 3.05) is 0 Å². The Morgan fingerprint density at radius 3 is 2.47 bits per heavy atom. The van der Waals surface area contributed by atoms with E-state index in [9.17, 15) is 4.79 Å². The lowest BCUT2D eigenvalue weighted by Gasteiger charge is -2.12. The molecule has 82 valence electrons. The predicted molar refractivity (Wildman–Crippen MR) is 61.0 cm³/mol. The van der Waals surface area contributed by atoms with E-state index in [0.717, 1.165) is 5.56 Å². The second-order valence-corrected chi connectivity index (χ2v) is 4.17. The molecule has 2 nitrogen and oxygen atoms in total. The van der Waals surface area contributed by atoms with Gasteiger partial charge in [-0.15, -0.1) is 11.6 Å². The van der Waals surface area contributed by atoms with Gasteiger partial charge in [0.1, 0.15) is 5.38 Å². The molecule has 0 radical (unpaired) electrons. The first kappa shape index (κ1) is 12.1. The zero-order valence-electron chi connectivity index (χ0n) is 8.94. The standard InChI is InChI=1S/C12H15ClO2/c1-9(2)15-12(14)11(13)8-10-6-4-3-5-7-10/h3-7,9,11H,8H2,1-2H3. The molecule has 1 rings (SSSR count). The van der Waals surface area contributed by atoms with Crippen molar-refractivity contribution in [2.45, 2.75) is 31.7 Å². The first-order valence-electron chi connectivity index (χ1n) is 4.98. The fourth-order valence-electron chi connectivity index (χ4n) is 1.21. The Labute approximate surface area is 95.2 Å². The van der Waals surface area contributed by atoms with Gasteiger partial charge in [0.25, 0.3) is 0 Å². The maximum absolute atomic E-state index is 11.4. The molecule has 1 aromatic rings. The normalized spacial score (nSPS) is 12.5. The van der Waals surface area contributed by atoms with Gasteiger partial charge in [0.2, 0.25) is 0 Å². The lowest BCUT2D eigenvalue weighted by molar-refractivity contribution is -0.146. The fraction of sp³-hybridized carbons (Fsp3) is 0.417. The summed E-state index contributed by atoms with van der Waals surface area (Å²) in [5, 5.41) is -0.602. The molecule has 0 saturated heterocycles. The van der Waals surface area contributed by atoms with E-state index >= 15 is 0 Å². The van der Waals surface area contributed by atoms with Crippen LogP contribution in [-0.2, 0) is 16.0 Å². The van der Waals surface area contributed by atoms with Crippen LogP contribution < -0.4 is 0 Å². The molecule has 0 N–H and O–H groups in total. The van der Waals surface area contributed by atoms with Crippen LogP contribution in [0.25, 0.3) is 0 Å². The number of halogens is 1. The first-order valence-corrected chi connectivity index (χ1v) is 5.41. The van der Waals surface area contributed by atoms with Crippen LogP contribution in [0.1, 0.15) is 19.4 Å². The van der Waals surface area contributed by atoms with Crippen molar-refractivity contribution in [1.82, 2.24) is 0 Å². The smallest absolute Gasteiger partial charge is 0.324 e. The van der Waals surface area contributed by atoms with Crippen molar-refractivity contribution in [3.05, 3.63) is 35.9 Å². The molecule has 1 atom stereocenters. The predicted octanol–water partition coefficient (Wildman–Crippen LogP) is 2.79. The molecule has 15 heavy (non-hydrogen) atoms. The molecule has 1 unspecified atom stereocenters. The number of benzene rings is 1. The molecule has 0 aliphatic carbocycles. The second kappa shape index (κ2) is 5.76. The van der Waals surface area contributed by atoms with Crippen molar-refractivity contribution in [3.63, 3.8) is 0 Å². The number of hydrogen-bond acceptors (Lipinski definition) is 2. The van der Waals surface area contributed by atoms with Crippen LogP contribution in [0.4, 0.5) is 0 Å². The Kier molecular flexibility index (Phi) is 4.63. The van der Waals surface area contributed by atoms with Gasteiger partial charge in [-0.25, -0.2) is 0 Å². The second-order valence-electron chi connectivity index (χ2n) is 3.64. The van der Waals surface area contributed by atoms with Gasteiger partial charge in [-0.05, 0) is 25.8 Å². The third-order valence-electron chi connectivity index (χ3n) is 1.87. The van der Waals surface area contributed by atoms with Gasteiger partial charge in [0.05, 0.1) is 6.10 Å². The molecule has 0 saturated carbocycles. The van der Waals surface area contributed by atoms with Gasteiger partial charge in [-0.3, -0.25) is 4.79 Å². The summed E-state index contributed by atoms with van der Waals surface area (Å²) in [6.45, 7) is 3.62. The number of alkyl halides is 1. The topological polar surface area (TPSA) is 26.3 Å². The van der Waals surface area contributed by atoms with Crippen LogP contribution in [-0.4, -0.2) is 17.5 Å². The molecule has 0 aliphatic rings. The van der Waals surface area contributed by atoms with Crippen molar-refractivity contribution in [2.24, 2.45) is 0 Å². The molecule has 0 fully saturated rings. The Morgan fingerprint density at radius 1 is 1.33 bits per heavy atom. The van der Waals surface area contributed by atoms with Crippen LogP contribution in [0.2, 0.25) is 0 Å². The van der Waals surface area contributed by atoms with E-state index in [1.807, 2.05) is 44.2 Å². The van der Waals surface area contributed by atoms with E-state index in [0.29, 0.717) is 6.42 Å². The quantitative estimate of drug-likeness (QED) is 0.583. The van der Waals surface area contributed by atoms with Crippen LogP contribution >= 0.6 is 11.6 Å². The first-order chi connectivity index (χ1) is 7.09. The summed E-state index contributed by atoms with van der Waals surface area (Å²) in [5.74, 6) is -0.351. The fourth-order valence-corrected chi connectivity index (χ4v) is 1.44. The number of esters is 1. The maximum Gasteiger partial charge on any atom is 0.324 e. The highest BCUT2D eigenvalue weighted by Crippen LogP contribution is 2.10. The number of hydrogen-bond donors (Lipinski definition) is 0. The van der Waals surface area contributed by atoms with Crippen molar-refractivity contribution < 1.29 is 9.53 Å². The number of carbonyl (C=O) groups is 1. The number of ether oxygens (including phenoxy) is 1. The van der Waals surface area contributed by atoms with Crippen molar-refractivity contribution in [3.8, 4) is 0 Å². The van der Waals surface area contributed by atoms with Gasteiger partial charge in [0.15, 0.2) is 0 Å². The monoisotopic (exact) mass is 226 g/mol. The highest BCUT2D eigenvalue weighted by atomic mass is 35.5. The third kappa shape index (κ3) is 4.34. The Bertz CT molecular complexity index is 309. The molecule has 0 heterocycles. The molecule has 0 spiro atoms. The van der Waals surface area contributed by atoms with E-state index in [1.165, 1.54) is 0 Å². The lowest BCUT2D eigenvalue weighted by atomic mass is 10.1. The molecule has 0 amide bonds. The van der Waals surface area contributed by atoms with E-state index in [-0.39, 0.29) is 12.1 Å². The summed E-state index contributed by atoms with van der Waals surface area (Å²) >= 11 is 5.94. The Hall–Kier alpha value is -1.02. The highest BCUT2D eigenvalue weighted by Gasteiger charge is 2.18. The number of rotatable bonds is 4. The Balaban J connectivity index is 2.49. The van der Waals surface area contributed by atoms with E-state index in [2.05, 4.69) is 0 Å². The zero-order chi connectivity index (χ0) is 11.3. The van der Waals surface area contributed by atoms with Gasteiger partial charge >= 0.3 is 5.97 Å². The van der Waals surface area contributed by atoms with Crippen LogP contribution in [0.15, 0.2) is 30.3 Å². The van der Waals surface area contributed by atoms with Crippen LogP contribution in [0.3, 0.4) is 0 Å². The summed E-state index contributed by atoms with van der Waals surface area (Å²) < 4.78 is 5.01. The number of carbonyl (C=O) groups excluding carboxylic acids is 1. The minimum Gasteiger partial charge on any atom is -0.462 e. The molecular formula is C12H15ClO2. The Morgan fingerprint density at radius 2 is 1.93 bits per heavy atom. The van der Waals surface area contributed by atoms with E-state index in [4.69, 9.17) is 16.3 Å². The minimum absolute atomic E-state index is 0.116. The minimum atomic E-state index is -0.602. The average molecular weight is 227 g/mol. The van der Waals surface area contributed by atoms with Crippen LogP contribution in [0.5, 0.6) is 0 Å². The largest absolute Gasteiger partial charge is 0.462 e. The highest BCUT2D eigenvalue weighted by molar-refractivity contribution is 6.30. The van der Waals surface area contributed by atoms with E-state index < -0.39 is 5.38 Å². The zero-order valence-corrected chi connectivity index (χ0v) is 9.70. The summed E-state index contributed by atoms with van der Waals surface area (Å²) in [4.78, 5) is 11.4. The average Bonchev–Trinajstić information content (AvgIpc) is 2.18. The lowest BCUT2D eigenvalue weighted by Crippen LogP contribution is -2.23. The third-order valence-corrected chi connectivity index (χ3v) is 2.20. The summed E-state index contributed by atoms with van der Waals surface area (Å²) in [6.07, 6.45) is 0.392. The molecule has 3 heteroatoms. The SMILES string of the molecule is CC(C)OC(=O)C(Cl)Cc1ccccc1. The molecule has 1 aromatic carbocycles.